The van der Waals surface area contributed by atoms with E-state index in [1.807, 2.05) is 0 Å². The molecular formula is C9H17N3O3S. The lowest BCUT2D eigenvalue weighted by atomic mass is 10.1. The average molecular weight is 247 g/mol. The molecule has 7 heteroatoms. The van der Waals surface area contributed by atoms with Gasteiger partial charge < -0.3 is 15.5 Å². The first-order valence-electron chi connectivity index (χ1n) is 5.51. The van der Waals surface area contributed by atoms with E-state index in [1.54, 1.807) is 4.90 Å². The summed E-state index contributed by atoms with van der Waals surface area (Å²) in [5.41, 5.74) is 0. The Morgan fingerprint density at radius 3 is 2.62 bits per heavy atom. The third-order valence-corrected chi connectivity index (χ3v) is 4.76. The number of amides is 2. The number of carbonyl (C=O) groups excluding carboxylic acids is 1. The largest absolute Gasteiger partial charge is 0.336 e. The molecule has 0 aromatic carbocycles. The van der Waals surface area contributed by atoms with Gasteiger partial charge in [-0.05, 0) is 5.92 Å². The van der Waals surface area contributed by atoms with Crippen LogP contribution in [-0.2, 0) is 9.84 Å². The Morgan fingerprint density at radius 1 is 1.38 bits per heavy atom. The van der Waals surface area contributed by atoms with Gasteiger partial charge >= 0.3 is 6.03 Å². The monoisotopic (exact) mass is 247 g/mol. The number of urea groups is 1. The molecule has 92 valence electrons. The van der Waals surface area contributed by atoms with Gasteiger partial charge in [0.25, 0.3) is 0 Å². The highest BCUT2D eigenvalue weighted by molar-refractivity contribution is 7.91. The van der Waals surface area contributed by atoms with Crippen LogP contribution >= 0.6 is 0 Å². The van der Waals surface area contributed by atoms with Crippen molar-refractivity contribution in [3.8, 4) is 0 Å². The predicted molar refractivity (Wildman–Crippen MR) is 60.0 cm³/mol. The molecule has 2 rings (SSSR count). The Balaban J connectivity index is 1.77. The lowest BCUT2D eigenvalue weighted by Crippen LogP contribution is -2.46. The molecule has 0 aliphatic carbocycles. The van der Waals surface area contributed by atoms with Crippen molar-refractivity contribution in [3.05, 3.63) is 0 Å². The van der Waals surface area contributed by atoms with Gasteiger partial charge in [-0.1, -0.05) is 0 Å². The van der Waals surface area contributed by atoms with E-state index >= 15 is 0 Å². The van der Waals surface area contributed by atoms with Crippen LogP contribution in [0.15, 0.2) is 0 Å². The second-order valence-corrected chi connectivity index (χ2v) is 6.59. The van der Waals surface area contributed by atoms with E-state index in [9.17, 15) is 13.2 Å². The van der Waals surface area contributed by atoms with Crippen LogP contribution in [0.25, 0.3) is 0 Å². The summed E-state index contributed by atoms with van der Waals surface area (Å²) in [4.78, 5) is 12.7. The lowest BCUT2D eigenvalue weighted by molar-refractivity contribution is 0.220. The highest BCUT2D eigenvalue weighted by atomic mass is 32.2. The minimum absolute atomic E-state index is 0.0803. The number of rotatable bonds is 5. The summed E-state index contributed by atoms with van der Waals surface area (Å²) >= 11 is 0. The van der Waals surface area contributed by atoms with Gasteiger partial charge in [0.2, 0.25) is 0 Å². The van der Waals surface area contributed by atoms with Crippen molar-refractivity contribution in [2.24, 2.45) is 5.92 Å². The highest BCUT2D eigenvalue weighted by Crippen LogP contribution is 2.08. The highest BCUT2D eigenvalue weighted by Gasteiger charge is 2.26. The van der Waals surface area contributed by atoms with Crippen molar-refractivity contribution in [3.63, 3.8) is 0 Å². The fraction of sp³-hybridized carbons (Fsp3) is 0.889. The smallest absolute Gasteiger partial charge is 0.317 e. The molecule has 2 aliphatic rings. The molecule has 16 heavy (non-hydrogen) atoms. The summed E-state index contributed by atoms with van der Waals surface area (Å²) < 4.78 is 23.4. The Kier molecular flexibility index (Phi) is 3.34. The number of carbonyl (C=O) groups is 1. The Bertz CT molecular complexity index is 364. The normalized spacial score (nSPS) is 22.0. The van der Waals surface area contributed by atoms with Crippen molar-refractivity contribution in [2.45, 2.75) is 0 Å². The van der Waals surface area contributed by atoms with Gasteiger partial charge in [0.1, 0.15) is 0 Å². The number of nitrogens with one attached hydrogen (secondary N) is 2. The second-order valence-electron chi connectivity index (χ2n) is 4.36. The van der Waals surface area contributed by atoms with Crippen molar-refractivity contribution in [1.29, 1.82) is 0 Å². The van der Waals surface area contributed by atoms with Gasteiger partial charge in [0.15, 0.2) is 9.84 Å². The topological polar surface area (TPSA) is 78.5 Å². The van der Waals surface area contributed by atoms with E-state index in [4.69, 9.17) is 0 Å². The third-order valence-electron chi connectivity index (χ3n) is 2.97. The van der Waals surface area contributed by atoms with E-state index in [0.717, 1.165) is 13.1 Å². The zero-order valence-corrected chi connectivity index (χ0v) is 9.92. The van der Waals surface area contributed by atoms with E-state index in [-0.39, 0.29) is 23.5 Å². The van der Waals surface area contributed by atoms with Gasteiger partial charge in [-0.3, -0.25) is 0 Å². The molecule has 0 unspecified atom stereocenters. The van der Waals surface area contributed by atoms with Crippen LogP contribution in [0.4, 0.5) is 4.79 Å². The Hall–Kier alpha value is -0.820. The molecule has 0 aromatic rings. The van der Waals surface area contributed by atoms with E-state index in [1.165, 1.54) is 0 Å². The second kappa shape index (κ2) is 4.58. The molecule has 6 nitrogen and oxygen atoms in total. The van der Waals surface area contributed by atoms with Crippen LogP contribution in [0.1, 0.15) is 0 Å². The molecule has 0 radical (unpaired) electrons. The number of sulfone groups is 1. The molecule has 0 aromatic heterocycles. The van der Waals surface area contributed by atoms with Gasteiger partial charge in [-0.2, -0.15) is 0 Å². The van der Waals surface area contributed by atoms with Crippen LogP contribution in [0.5, 0.6) is 0 Å². The van der Waals surface area contributed by atoms with Crippen LogP contribution in [-0.4, -0.2) is 63.6 Å². The maximum Gasteiger partial charge on any atom is 0.317 e. The van der Waals surface area contributed by atoms with Crippen LogP contribution < -0.4 is 10.6 Å². The fourth-order valence-corrected chi connectivity index (χ4v) is 3.50. The molecule has 2 aliphatic heterocycles. The third kappa shape index (κ3) is 2.85. The molecule has 0 saturated carbocycles. The van der Waals surface area contributed by atoms with E-state index < -0.39 is 9.84 Å². The zero-order chi connectivity index (χ0) is 11.6. The first-order chi connectivity index (χ1) is 7.57. The number of nitrogens with zero attached hydrogens (tertiary/aromatic N) is 1. The Morgan fingerprint density at radius 2 is 2.12 bits per heavy atom. The van der Waals surface area contributed by atoms with Crippen LogP contribution in [0, 0.1) is 5.92 Å². The Labute approximate surface area is 95.3 Å². The van der Waals surface area contributed by atoms with E-state index in [2.05, 4.69) is 10.6 Å². The lowest BCUT2D eigenvalue weighted by Gasteiger charge is -2.26. The van der Waals surface area contributed by atoms with Gasteiger partial charge in [0, 0.05) is 32.7 Å². The first kappa shape index (κ1) is 11.7. The zero-order valence-electron chi connectivity index (χ0n) is 9.11. The minimum atomic E-state index is -3.01. The van der Waals surface area contributed by atoms with Crippen molar-refractivity contribution in [1.82, 2.24) is 15.5 Å². The van der Waals surface area contributed by atoms with Crippen molar-refractivity contribution >= 4 is 15.9 Å². The maximum atomic E-state index is 11.7. The number of hydrogen-bond donors (Lipinski definition) is 2. The van der Waals surface area contributed by atoms with Gasteiger partial charge in [-0.15, -0.1) is 0 Å². The summed E-state index contributed by atoms with van der Waals surface area (Å²) in [6.07, 6.45) is 0. The summed E-state index contributed by atoms with van der Waals surface area (Å²) in [5.74, 6) is 0.587. The van der Waals surface area contributed by atoms with Gasteiger partial charge in [-0.25, -0.2) is 13.2 Å². The summed E-state index contributed by atoms with van der Waals surface area (Å²) in [6, 6.07) is -0.152. The van der Waals surface area contributed by atoms with E-state index in [0.29, 0.717) is 19.6 Å². The maximum absolute atomic E-state index is 11.7. The molecule has 2 fully saturated rings. The molecule has 0 spiro atoms. The minimum Gasteiger partial charge on any atom is -0.336 e. The molecule has 2 heterocycles. The number of hydrogen-bond acceptors (Lipinski definition) is 4. The quantitative estimate of drug-likeness (QED) is 0.629. The molecule has 0 atom stereocenters. The average Bonchev–Trinajstić information content (AvgIpc) is 2.55. The summed E-state index contributed by atoms with van der Waals surface area (Å²) in [6.45, 7) is 3.13. The van der Waals surface area contributed by atoms with Gasteiger partial charge in [0.05, 0.1) is 11.5 Å². The summed E-state index contributed by atoms with van der Waals surface area (Å²) in [7, 11) is -3.01. The fourth-order valence-electron chi connectivity index (χ4n) is 1.88. The molecule has 0 bridgehead atoms. The molecular weight excluding hydrogens is 230 g/mol. The molecule has 2 saturated heterocycles. The standard InChI is InChI=1S/C9H17N3O3S/c13-9-11-1-2-12(9)3-4-16(14,15)7-8-5-10-6-8/h8,10H,1-7H2,(H,11,13). The SMILES string of the molecule is O=C1NCCN1CCS(=O)(=O)CC1CNC1. The van der Waals surface area contributed by atoms with Crippen LogP contribution in [0.3, 0.4) is 0 Å². The van der Waals surface area contributed by atoms with Crippen LogP contribution in [0.2, 0.25) is 0 Å². The summed E-state index contributed by atoms with van der Waals surface area (Å²) in [5, 5.41) is 5.70. The van der Waals surface area contributed by atoms with Crippen molar-refractivity contribution < 1.29 is 13.2 Å². The first-order valence-corrected chi connectivity index (χ1v) is 7.33. The molecule has 2 amide bonds. The molecule has 2 N–H and O–H groups in total. The predicted octanol–water partition coefficient (Wildman–Crippen LogP) is -1.35. The van der Waals surface area contributed by atoms with Crippen molar-refractivity contribution in [2.75, 3.05) is 44.2 Å².